The summed E-state index contributed by atoms with van der Waals surface area (Å²) in [6.45, 7) is 8.41. The molecule has 1 aromatic heterocycles. The van der Waals surface area contributed by atoms with Crippen molar-refractivity contribution in [1.29, 1.82) is 0 Å². The minimum Gasteiger partial charge on any atom is -0.488 e. The molecule has 0 bridgehead atoms. The highest BCUT2D eigenvalue weighted by molar-refractivity contribution is 7.85. The first-order chi connectivity index (χ1) is 25.0. The molecule has 15 nitrogen and oxygen atoms in total. The van der Waals surface area contributed by atoms with Crippen LogP contribution in [0.2, 0.25) is 5.02 Å². The zero-order valence-electron chi connectivity index (χ0n) is 30.2. The number of likely N-dealkylation sites (tertiary alicyclic amines) is 1. The average molecular weight is 806 g/mol. The summed E-state index contributed by atoms with van der Waals surface area (Å²) in [6.07, 6.45) is -8.81. The Morgan fingerprint density at radius 1 is 1.15 bits per heavy atom. The van der Waals surface area contributed by atoms with E-state index in [0.29, 0.717) is 22.3 Å². The van der Waals surface area contributed by atoms with Crippen molar-refractivity contribution in [2.24, 2.45) is 11.3 Å². The van der Waals surface area contributed by atoms with Gasteiger partial charge in [-0.3, -0.25) is 14.4 Å². The van der Waals surface area contributed by atoms with Crippen LogP contribution in [0.3, 0.4) is 0 Å². The lowest BCUT2D eigenvalue weighted by Gasteiger charge is -2.35. The summed E-state index contributed by atoms with van der Waals surface area (Å²) in [6, 6.07) is 3.88. The van der Waals surface area contributed by atoms with Gasteiger partial charge in [-0.2, -0.15) is 21.6 Å². The van der Waals surface area contributed by atoms with E-state index in [2.05, 4.69) is 15.6 Å². The van der Waals surface area contributed by atoms with Crippen molar-refractivity contribution < 1.29 is 59.5 Å². The zero-order valence-corrected chi connectivity index (χ0v) is 31.8. The lowest BCUT2D eigenvalue weighted by atomic mass is 9.85. The number of benzene rings is 1. The molecule has 3 fully saturated rings. The summed E-state index contributed by atoms with van der Waals surface area (Å²) in [5, 5.41) is 15.2. The standard InChI is InChI=1S/C34H43ClF3N5O10S/c1-6-18-15-33(18,29(46)42-54(49,50)53-32(11-12-32)17-34(36,37)38)41-27(44)22-13-19(16-43(22)28(45)26(31(3,4)5)40-30(47)48)52-23-14-24(51-7-2)39-25-20(23)9-8-10-21(25)35/h8-10,14,18-19,22,26,40H,6-7,11-13,15-17H2,1-5H3,(H,41,44)(H,42,46)(H,47,48). The number of amides is 4. The number of alkyl halides is 3. The van der Waals surface area contributed by atoms with E-state index in [-0.39, 0.29) is 50.5 Å². The van der Waals surface area contributed by atoms with E-state index in [1.54, 1.807) is 57.5 Å². The van der Waals surface area contributed by atoms with Crippen molar-refractivity contribution in [3.8, 4) is 11.6 Å². The van der Waals surface area contributed by atoms with Gasteiger partial charge in [-0.05, 0) is 49.7 Å². The molecular formula is C34H43ClF3N5O10S. The summed E-state index contributed by atoms with van der Waals surface area (Å²) < 4.78 is 83.3. The normalized spacial score (nSPS) is 24.0. The van der Waals surface area contributed by atoms with Crippen molar-refractivity contribution in [3.63, 3.8) is 0 Å². The lowest BCUT2D eigenvalue weighted by Crippen LogP contribution is -2.60. The van der Waals surface area contributed by atoms with Gasteiger partial charge in [0.15, 0.2) is 0 Å². The fourth-order valence-electron chi connectivity index (χ4n) is 6.84. The maximum absolute atomic E-state index is 14.2. The largest absolute Gasteiger partial charge is 0.488 e. The predicted octanol–water partition coefficient (Wildman–Crippen LogP) is 4.47. The number of para-hydroxylation sites is 1. The van der Waals surface area contributed by atoms with Crippen molar-refractivity contribution in [1.82, 2.24) is 25.2 Å². The second-order valence-electron chi connectivity index (χ2n) is 15.0. The number of hydrogen-bond acceptors (Lipinski definition) is 10. The van der Waals surface area contributed by atoms with Gasteiger partial charge in [0.2, 0.25) is 17.7 Å². The van der Waals surface area contributed by atoms with Crippen LogP contribution in [0.4, 0.5) is 18.0 Å². The molecule has 1 saturated heterocycles. The monoisotopic (exact) mass is 805 g/mol. The van der Waals surface area contributed by atoms with Crippen LogP contribution < -0.4 is 24.8 Å². The van der Waals surface area contributed by atoms with Crippen LogP contribution in [0.1, 0.15) is 73.1 Å². The van der Waals surface area contributed by atoms with E-state index in [0.717, 1.165) is 4.90 Å². The summed E-state index contributed by atoms with van der Waals surface area (Å²) in [5.74, 6) is -2.93. The van der Waals surface area contributed by atoms with E-state index < -0.39 is 87.4 Å². The molecule has 5 rings (SSSR count). The highest BCUT2D eigenvalue weighted by Crippen LogP contribution is 2.49. The minimum atomic E-state index is -5.04. The van der Waals surface area contributed by atoms with Crippen LogP contribution in [0.5, 0.6) is 11.6 Å². The fourth-order valence-corrected chi connectivity index (χ4v) is 8.20. The quantitative estimate of drug-likeness (QED) is 0.210. The first kappa shape index (κ1) is 41.1. The van der Waals surface area contributed by atoms with Gasteiger partial charge in [0.25, 0.3) is 5.91 Å². The average Bonchev–Trinajstić information content (AvgIpc) is 3.91. The molecule has 0 spiro atoms. The van der Waals surface area contributed by atoms with Crippen LogP contribution in [0, 0.1) is 11.3 Å². The third kappa shape index (κ3) is 9.22. The van der Waals surface area contributed by atoms with Gasteiger partial charge in [-0.15, -0.1) is 0 Å². The number of nitrogens with one attached hydrogen (secondary N) is 3. The Balaban J connectivity index is 1.43. The van der Waals surface area contributed by atoms with Crippen LogP contribution in [0.25, 0.3) is 10.9 Å². The van der Waals surface area contributed by atoms with Crippen LogP contribution >= 0.6 is 11.6 Å². The molecule has 1 aliphatic heterocycles. The number of ether oxygens (including phenoxy) is 2. The number of carbonyl (C=O) groups excluding carboxylic acids is 3. The molecule has 2 aromatic rings. The molecule has 5 atom stereocenters. The second-order valence-corrected chi connectivity index (χ2v) is 16.7. The third-order valence-corrected chi connectivity index (χ3v) is 11.0. The first-order valence-electron chi connectivity index (χ1n) is 17.4. The second kappa shape index (κ2) is 14.9. The summed E-state index contributed by atoms with van der Waals surface area (Å²) in [5.41, 5.74) is -4.42. The van der Waals surface area contributed by atoms with Gasteiger partial charge in [0.05, 0.1) is 35.7 Å². The summed E-state index contributed by atoms with van der Waals surface area (Å²) in [7, 11) is -5.04. The summed E-state index contributed by atoms with van der Waals surface area (Å²) in [4.78, 5) is 59.3. The van der Waals surface area contributed by atoms with E-state index in [1.807, 2.05) is 0 Å². The maximum atomic E-state index is 14.2. The van der Waals surface area contributed by atoms with Crippen molar-refractivity contribution in [2.45, 2.75) is 109 Å². The number of halogens is 4. The van der Waals surface area contributed by atoms with Crippen LogP contribution in [-0.4, -0.2) is 95.9 Å². The smallest absolute Gasteiger partial charge is 0.405 e. The number of aromatic nitrogens is 1. The Morgan fingerprint density at radius 2 is 1.83 bits per heavy atom. The van der Waals surface area contributed by atoms with Gasteiger partial charge in [-0.1, -0.05) is 51.8 Å². The molecule has 54 heavy (non-hydrogen) atoms. The molecular weight excluding hydrogens is 763 g/mol. The number of rotatable bonds is 14. The van der Waals surface area contributed by atoms with Crippen molar-refractivity contribution in [2.75, 3.05) is 13.2 Å². The Morgan fingerprint density at radius 3 is 2.39 bits per heavy atom. The Kier molecular flexibility index (Phi) is 11.3. The molecule has 0 radical (unpaired) electrons. The molecule has 5 unspecified atom stereocenters. The lowest BCUT2D eigenvalue weighted by molar-refractivity contribution is -0.154. The van der Waals surface area contributed by atoms with Crippen molar-refractivity contribution >= 4 is 56.6 Å². The Labute approximate surface area is 314 Å². The number of carboxylic acid groups (broad SMARTS) is 1. The summed E-state index contributed by atoms with van der Waals surface area (Å²) >= 11 is 6.43. The van der Waals surface area contributed by atoms with E-state index in [9.17, 15) is 45.9 Å². The van der Waals surface area contributed by atoms with E-state index >= 15 is 0 Å². The molecule has 4 amide bonds. The number of nitrogens with zero attached hydrogens (tertiary/aromatic N) is 2. The number of pyridine rings is 1. The molecule has 2 saturated carbocycles. The maximum Gasteiger partial charge on any atom is 0.405 e. The minimum absolute atomic E-state index is 0.0139. The Hall–Kier alpha value is -4.10. The van der Waals surface area contributed by atoms with Gasteiger partial charge < -0.3 is 30.1 Å². The first-order valence-corrected chi connectivity index (χ1v) is 19.2. The number of fused-ring (bicyclic) bond motifs is 1. The highest BCUT2D eigenvalue weighted by atomic mass is 35.5. The number of carbonyl (C=O) groups is 4. The number of hydrogen-bond donors (Lipinski definition) is 4. The fraction of sp³-hybridized carbons (Fsp3) is 0.618. The topological polar surface area (TPSA) is 203 Å². The predicted molar refractivity (Wildman–Crippen MR) is 187 cm³/mol. The van der Waals surface area contributed by atoms with Gasteiger partial charge in [0, 0.05) is 17.9 Å². The molecule has 3 aliphatic rings. The third-order valence-electron chi connectivity index (χ3n) is 9.73. The van der Waals surface area contributed by atoms with Crippen LogP contribution in [0.15, 0.2) is 24.3 Å². The van der Waals surface area contributed by atoms with E-state index in [4.69, 9.17) is 25.3 Å². The molecule has 4 N–H and O–H groups in total. The zero-order chi connectivity index (χ0) is 40.0. The molecule has 2 aliphatic carbocycles. The van der Waals surface area contributed by atoms with Gasteiger partial charge >= 0.3 is 22.6 Å². The Bertz CT molecular complexity index is 1920. The van der Waals surface area contributed by atoms with Crippen molar-refractivity contribution in [3.05, 3.63) is 29.3 Å². The molecule has 2 heterocycles. The van der Waals surface area contributed by atoms with Gasteiger partial charge in [-0.25, -0.2) is 18.7 Å². The highest BCUT2D eigenvalue weighted by Gasteiger charge is 2.63. The SMILES string of the molecule is CCOc1cc(OC2CC(C(=O)NC3(C(=O)NS(=O)(=O)OC4(CC(F)(F)F)CC4)CC3CC)N(C(=O)C(NC(=O)O)C(C)(C)C)C2)c2cccc(Cl)c2n1. The van der Waals surface area contributed by atoms with Crippen LogP contribution in [-0.2, 0) is 28.9 Å². The van der Waals surface area contributed by atoms with Gasteiger partial charge in [0.1, 0.15) is 29.5 Å². The molecule has 298 valence electrons. The molecule has 20 heteroatoms. The molecule has 1 aromatic carbocycles. The van der Waals surface area contributed by atoms with E-state index in [1.165, 1.54) is 6.07 Å².